The molecule has 1 aromatic carbocycles. The maximum Gasteiger partial charge on any atom is 0.0346 e. The Balaban J connectivity index is 2.06. The van der Waals surface area contributed by atoms with Gasteiger partial charge in [-0.05, 0) is 35.1 Å². The molecule has 0 amide bonds. The molecule has 3 aromatic rings. The lowest BCUT2D eigenvalue weighted by Gasteiger charge is -2.05. The highest BCUT2D eigenvalue weighted by molar-refractivity contribution is 5.84. The Hall–Kier alpha value is -2.22. The fourth-order valence-electron chi connectivity index (χ4n) is 2.04. The molecule has 0 fully saturated rings. The highest BCUT2D eigenvalue weighted by atomic mass is 14.6. The second kappa shape index (κ2) is 4.34. The van der Waals surface area contributed by atoms with Crippen molar-refractivity contribution in [3.63, 3.8) is 0 Å². The van der Waals surface area contributed by atoms with E-state index >= 15 is 0 Å². The molecule has 0 radical (unpaired) electrons. The van der Waals surface area contributed by atoms with Crippen molar-refractivity contribution < 1.29 is 0 Å². The summed E-state index contributed by atoms with van der Waals surface area (Å²) < 4.78 is 0. The van der Waals surface area contributed by atoms with Gasteiger partial charge in [0, 0.05) is 30.2 Å². The van der Waals surface area contributed by atoms with E-state index in [0.717, 1.165) is 6.42 Å². The topological polar surface area (TPSA) is 25.8 Å². The molecule has 0 atom stereocenters. The molecule has 0 spiro atoms. The van der Waals surface area contributed by atoms with Crippen LogP contribution in [0.1, 0.15) is 11.1 Å². The zero-order valence-corrected chi connectivity index (χ0v) is 9.38. The van der Waals surface area contributed by atoms with Crippen LogP contribution in [0, 0.1) is 0 Å². The molecular weight excluding hydrogens is 208 g/mol. The van der Waals surface area contributed by atoms with E-state index in [0.29, 0.717) is 0 Å². The summed E-state index contributed by atoms with van der Waals surface area (Å²) in [5.41, 5.74) is 2.52. The molecule has 2 aromatic heterocycles. The molecule has 2 heteroatoms. The van der Waals surface area contributed by atoms with Gasteiger partial charge in [0.25, 0.3) is 0 Å². The average Bonchev–Trinajstić information content (AvgIpc) is 2.40. The van der Waals surface area contributed by atoms with Gasteiger partial charge in [0.2, 0.25) is 0 Å². The van der Waals surface area contributed by atoms with Crippen LogP contribution in [0.5, 0.6) is 0 Å². The van der Waals surface area contributed by atoms with Gasteiger partial charge in [-0.25, -0.2) is 0 Å². The summed E-state index contributed by atoms with van der Waals surface area (Å²) in [7, 11) is 0. The predicted molar refractivity (Wildman–Crippen MR) is 68.8 cm³/mol. The SMILES string of the molecule is c1ccc2c(Cc3ccncc3)cncc2c1. The fourth-order valence-corrected chi connectivity index (χ4v) is 2.04. The first-order valence-electron chi connectivity index (χ1n) is 5.64. The van der Waals surface area contributed by atoms with E-state index in [1.165, 1.54) is 21.9 Å². The van der Waals surface area contributed by atoms with E-state index in [4.69, 9.17) is 0 Å². The van der Waals surface area contributed by atoms with Gasteiger partial charge in [-0.3, -0.25) is 9.97 Å². The van der Waals surface area contributed by atoms with Gasteiger partial charge in [-0.2, -0.15) is 0 Å². The van der Waals surface area contributed by atoms with Crippen LogP contribution in [0.4, 0.5) is 0 Å². The van der Waals surface area contributed by atoms with Gasteiger partial charge >= 0.3 is 0 Å². The van der Waals surface area contributed by atoms with Crippen LogP contribution in [-0.2, 0) is 6.42 Å². The summed E-state index contributed by atoms with van der Waals surface area (Å²) in [5, 5.41) is 2.47. The third-order valence-electron chi connectivity index (χ3n) is 2.89. The third-order valence-corrected chi connectivity index (χ3v) is 2.89. The highest BCUT2D eigenvalue weighted by Crippen LogP contribution is 2.19. The predicted octanol–water partition coefficient (Wildman–Crippen LogP) is 3.22. The minimum Gasteiger partial charge on any atom is -0.265 e. The summed E-state index contributed by atoms with van der Waals surface area (Å²) in [5.74, 6) is 0. The van der Waals surface area contributed by atoms with Crippen molar-refractivity contribution in [2.45, 2.75) is 6.42 Å². The van der Waals surface area contributed by atoms with E-state index in [1.807, 2.05) is 43.0 Å². The van der Waals surface area contributed by atoms with E-state index in [2.05, 4.69) is 28.2 Å². The van der Waals surface area contributed by atoms with Crippen LogP contribution in [0.25, 0.3) is 10.8 Å². The lowest BCUT2D eigenvalue weighted by Crippen LogP contribution is -1.91. The van der Waals surface area contributed by atoms with Crippen molar-refractivity contribution in [2.75, 3.05) is 0 Å². The van der Waals surface area contributed by atoms with Crippen LogP contribution >= 0.6 is 0 Å². The Kier molecular flexibility index (Phi) is 2.54. The molecular formula is C15H12N2. The molecule has 0 aliphatic rings. The van der Waals surface area contributed by atoms with Crippen LogP contribution in [0.15, 0.2) is 61.2 Å². The van der Waals surface area contributed by atoms with Gasteiger partial charge in [0.05, 0.1) is 0 Å². The molecule has 82 valence electrons. The largest absolute Gasteiger partial charge is 0.265 e. The third kappa shape index (κ3) is 2.02. The molecule has 0 saturated heterocycles. The minimum absolute atomic E-state index is 0.900. The standard InChI is InChI=1S/C15H12N2/c1-2-4-15-13(3-1)10-17-11-14(15)9-12-5-7-16-8-6-12/h1-8,10-11H,9H2. The zero-order chi connectivity index (χ0) is 11.5. The van der Waals surface area contributed by atoms with Crippen molar-refractivity contribution in [3.8, 4) is 0 Å². The molecule has 0 N–H and O–H groups in total. The van der Waals surface area contributed by atoms with Crippen molar-refractivity contribution in [3.05, 3.63) is 72.3 Å². The van der Waals surface area contributed by atoms with Crippen LogP contribution < -0.4 is 0 Å². The number of benzene rings is 1. The first-order chi connectivity index (χ1) is 8.43. The van der Waals surface area contributed by atoms with E-state index in [-0.39, 0.29) is 0 Å². The highest BCUT2D eigenvalue weighted by Gasteiger charge is 2.01. The van der Waals surface area contributed by atoms with E-state index in [9.17, 15) is 0 Å². The maximum atomic E-state index is 4.29. The molecule has 0 aliphatic heterocycles. The summed E-state index contributed by atoms with van der Waals surface area (Å²) in [6, 6.07) is 12.4. The number of fused-ring (bicyclic) bond motifs is 1. The summed E-state index contributed by atoms with van der Waals surface area (Å²) in [4.78, 5) is 8.33. The lowest BCUT2D eigenvalue weighted by atomic mass is 10.0. The second-order valence-corrected chi connectivity index (χ2v) is 4.05. The van der Waals surface area contributed by atoms with Crippen molar-refractivity contribution in [1.82, 2.24) is 9.97 Å². The summed E-state index contributed by atoms with van der Waals surface area (Å²) in [6.45, 7) is 0. The first kappa shape index (κ1) is 9.97. The first-order valence-corrected chi connectivity index (χ1v) is 5.64. The minimum atomic E-state index is 0.900. The monoisotopic (exact) mass is 220 g/mol. The maximum absolute atomic E-state index is 4.29. The van der Waals surface area contributed by atoms with Gasteiger partial charge in [-0.15, -0.1) is 0 Å². The number of nitrogens with zero attached hydrogens (tertiary/aromatic N) is 2. The Morgan fingerprint density at radius 1 is 0.824 bits per heavy atom. The van der Waals surface area contributed by atoms with Gasteiger partial charge < -0.3 is 0 Å². The number of rotatable bonds is 2. The Labute approximate surface area is 100.0 Å². The van der Waals surface area contributed by atoms with Crippen LogP contribution in [0.2, 0.25) is 0 Å². The Morgan fingerprint density at radius 3 is 2.53 bits per heavy atom. The number of aromatic nitrogens is 2. The quantitative estimate of drug-likeness (QED) is 0.662. The smallest absolute Gasteiger partial charge is 0.0346 e. The van der Waals surface area contributed by atoms with Gasteiger partial charge in [0.15, 0.2) is 0 Å². The Bertz CT molecular complexity index is 627. The van der Waals surface area contributed by atoms with Crippen molar-refractivity contribution in [2.24, 2.45) is 0 Å². The number of pyridine rings is 2. The molecule has 0 aliphatic carbocycles. The van der Waals surface area contributed by atoms with Crippen LogP contribution in [-0.4, -0.2) is 9.97 Å². The van der Waals surface area contributed by atoms with E-state index in [1.54, 1.807) is 0 Å². The number of hydrogen-bond donors (Lipinski definition) is 0. The molecule has 0 saturated carbocycles. The second-order valence-electron chi connectivity index (χ2n) is 4.05. The van der Waals surface area contributed by atoms with Crippen LogP contribution in [0.3, 0.4) is 0 Å². The molecule has 0 unspecified atom stereocenters. The van der Waals surface area contributed by atoms with Gasteiger partial charge in [-0.1, -0.05) is 24.3 Å². The van der Waals surface area contributed by atoms with Gasteiger partial charge in [0.1, 0.15) is 0 Å². The molecule has 2 heterocycles. The fraction of sp³-hybridized carbons (Fsp3) is 0.0667. The summed E-state index contributed by atoms with van der Waals surface area (Å²) in [6.07, 6.45) is 8.41. The molecule has 17 heavy (non-hydrogen) atoms. The average molecular weight is 220 g/mol. The zero-order valence-electron chi connectivity index (χ0n) is 9.38. The molecule has 3 rings (SSSR count). The Morgan fingerprint density at radius 2 is 1.65 bits per heavy atom. The van der Waals surface area contributed by atoms with Crippen molar-refractivity contribution >= 4 is 10.8 Å². The van der Waals surface area contributed by atoms with Crippen molar-refractivity contribution in [1.29, 1.82) is 0 Å². The normalized spacial score (nSPS) is 10.6. The molecule has 0 bridgehead atoms. The summed E-state index contributed by atoms with van der Waals surface area (Å²) >= 11 is 0. The lowest BCUT2D eigenvalue weighted by molar-refractivity contribution is 1.15. The molecule has 2 nitrogen and oxygen atoms in total. The van der Waals surface area contributed by atoms with E-state index < -0.39 is 0 Å². The number of hydrogen-bond acceptors (Lipinski definition) is 2.